The van der Waals surface area contributed by atoms with Gasteiger partial charge in [0, 0.05) is 23.4 Å². The van der Waals surface area contributed by atoms with Crippen molar-refractivity contribution in [2.75, 3.05) is 6.54 Å². The highest BCUT2D eigenvalue weighted by Gasteiger charge is 2.47. The van der Waals surface area contributed by atoms with E-state index < -0.39 is 62.6 Å². The summed E-state index contributed by atoms with van der Waals surface area (Å²) < 4.78 is 34.5. The average molecular weight is 768 g/mol. The number of hydrogen-bond donors (Lipinski definition) is 3. The maximum Gasteiger partial charge on any atom is 0.272 e. The number of carbonyl (C=O) groups excluding carboxylic acids is 4. The minimum atomic E-state index is -3.92. The lowest BCUT2D eigenvalue weighted by molar-refractivity contribution is -0.141. The second-order valence-corrected chi connectivity index (χ2v) is 16.8. The molecule has 3 N–H and O–H groups in total. The Hall–Kier alpha value is -5.44. The molecular formula is C40H45N7O7S. The number of rotatable bonds is 7. The fourth-order valence-electron chi connectivity index (χ4n) is 7.18. The molecule has 1 saturated heterocycles. The standard InChI is InChI=1S/C40H45N7O7S/c1-25-22-42-33(23-41-25)35(48)43-32-17-7-5-3-4-6-12-20-40(2,39(51)46-55(52,53)27-18-19-27)45-36(49)34-21-26(24-47(34)38(32)50)54-37-30-15-9-8-13-28(30)29-14-10-11-16-31(29)44-37/h6,8-16,22-23,26-27,32,34H,3-5,7,17-21,24H2,1-2H3,(H,43,48)(H,45,49)(H,46,51). The zero-order valence-electron chi connectivity index (χ0n) is 30.9. The summed E-state index contributed by atoms with van der Waals surface area (Å²) in [7, 11) is -3.92. The van der Waals surface area contributed by atoms with E-state index in [0.29, 0.717) is 43.7 Å². The number of nitrogens with zero attached hydrogens (tertiary/aromatic N) is 4. The maximum atomic E-state index is 14.6. The van der Waals surface area contributed by atoms with Crippen molar-refractivity contribution in [2.24, 2.45) is 0 Å². The normalized spacial score (nSPS) is 24.0. The smallest absolute Gasteiger partial charge is 0.272 e. The van der Waals surface area contributed by atoms with E-state index in [2.05, 4.69) is 25.3 Å². The van der Waals surface area contributed by atoms with Gasteiger partial charge < -0.3 is 20.3 Å². The van der Waals surface area contributed by atoms with Crippen molar-refractivity contribution in [3.05, 3.63) is 84.5 Å². The van der Waals surface area contributed by atoms with Gasteiger partial charge in [0.15, 0.2) is 0 Å². The zero-order valence-corrected chi connectivity index (χ0v) is 31.7. The van der Waals surface area contributed by atoms with E-state index in [0.717, 1.165) is 34.5 Å². The topological polar surface area (TPSA) is 190 Å². The first-order valence-corrected chi connectivity index (χ1v) is 20.3. The molecule has 7 rings (SSSR count). The van der Waals surface area contributed by atoms with Crippen LogP contribution in [0.2, 0.25) is 0 Å². The number of amides is 4. The van der Waals surface area contributed by atoms with E-state index in [1.165, 1.54) is 24.2 Å². The number of pyridine rings is 1. The van der Waals surface area contributed by atoms with E-state index >= 15 is 0 Å². The molecule has 3 aliphatic rings. The van der Waals surface area contributed by atoms with Crippen molar-refractivity contribution >= 4 is 55.3 Å². The van der Waals surface area contributed by atoms with Gasteiger partial charge in [-0.05, 0) is 69.9 Å². The van der Waals surface area contributed by atoms with Gasteiger partial charge in [0.05, 0.1) is 29.2 Å². The summed E-state index contributed by atoms with van der Waals surface area (Å²) in [4.78, 5) is 70.8. The molecule has 2 aliphatic heterocycles. The maximum absolute atomic E-state index is 14.6. The molecule has 4 aromatic rings. The highest BCUT2D eigenvalue weighted by molar-refractivity contribution is 7.91. The lowest BCUT2D eigenvalue weighted by atomic mass is 9.95. The van der Waals surface area contributed by atoms with Crippen LogP contribution in [-0.4, -0.2) is 87.4 Å². The fraction of sp³-hybridized carbons (Fsp3) is 0.425. The van der Waals surface area contributed by atoms with Crippen LogP contribution >= 0.6 is 0 Å². The Labute approximate surface area is 319 Å². The molecule has 288 valence electrons. The van der Waals surface area contributed by atoms with Gasteiger partial charge in [-0.1, -0.05) is 61.4 Å². The molecule has 1 aliphatic carbocycles. The van der Waals surface area contributed by atoms with Crippen molar-refractivity contribution in [3.8, 4) is 5.88 Å². The van der Waals surface area contributed by atoms with E-state index in [1.54, 1.807) is 13.0 Å². The van der Waals surface area contributed by atoms with Gasteiger partial charge in [-0.3, -0.25) is 28.9 Å². The first-order chi connectivity index (χ1) is 26.4. The SMILES string of the molecule is Cc1cnc(C(=O)NC2CCCCCC=CCC(C)(C(=O)NS(=O)(=O)C3CC3)NC(=O)C3CC(Oc4nc5ccccc5c5ccccc45)CN3C2=O)cn1. The van der Waals surface area contributed by atoms with E-state index in [9.17, 15) is 27.6 Å². The molecule has 0 radical (unpaired) electrons. The number of carbonyl (C=O) groups is 4. The van der Waals surface area contributed by atoms with Crippen LogP contribution in [0, 0.1) is 6.92 Å². The van der Waals surface area contributed by atoms with Crippen LogP contribution in [-0.2, 0) is 24.4 Å². The number of aromatic nitrogens is 3. The molecule has 14 nitrogen and oxygen atoms in total. The Balaban J connectivity index is 1.22. The molecule has 0 bridgehead atoms. The fourth-order valence-corrected chi connectivity index (χ4v) is 8.59. The van der Waals surface area contributed by atoms with Crippen molar-refractivity contribution < 1.29 is 32.3 Å². The van der Waals surface area contributed by atoms with Gasteiger partial charge >= 0.3 is 0 Å². The van der Waals surface area contributed by atoms with Gasteiger partial charge in [0.1, 0.15) is 29.4 Å². The monoisotopic (exact) mass is 767 g/mol. The summed E-state index contributed by atoms with van der Waals surface area (Å²) in [5.74, 6) is -2.24. The van der Waals surface area contributed by atoms with Crippen molar-refractivity contribution in [3.63, 3.8) is 0 Å². The molecule has 2 fully saturated rings. The van der Waals surface area contributed by atoms with Crippen molar-refractivity contribution in [1.29, 1.82) is 0 Å². The summed E-state index contributed by atoms with van der Waals surface area (Å²) in [6, 6.07) is 13.3. The number of hydrogen-bond acceptors (Lipinski definition) is 10. The number of benzene rings is 2. The molecule has 4 unspecified atom stereocenters. The van der Waals surface area contributed by atoms with Gasteiger partial charge in [-0.2, -0.15) is 0 Å². The quantitative estimate of drug-likeness (QED) is 0.183. The van der Waals surface area contributed by atoms with Gasteiger partial charge in [-0.15, -0.1) is 0 Å². The van der Waals surface area contributed by atoms with Gasteiger partial charge in [-0.25, -0.2) is 18.4 Å². The molecule has 4 amide bonds. The summed E-state index contributed by atoms with van der Waals surface area (Å²) in [6.45, 7) is 3.22. The van der Waals surface area contributed by atoms with Gasteiger partial charge in [0.2, 0.25) is 27.7 Å². The predicted molar refractivity (Wildman–Crippen MR) is 205 cm³/mol. The molecule has 2 aromatic heterocycles. The summed E-state index contributed by atoms with van der Waals surface area (Å²) >= 11 is 0. The Morgan fingerprint density at radius 2 is 1.67 bits per heavy atom. The molecule has 2 aromatic carbocycles. The second-order valence-electron chi connectivity index (χ2n) is 14.8. The second kappa shape index (κ2) is 15.7. The third kappa shape index (κ3) is 8.46. The minimum Gasteiger partial charge on any atom is -0.472 e. The van der Waals surface area contributed by atoms with Crippen LogP contribution in [0.3, 0.4) is 0 Å². The van der Waals surface area contributed by atoms with Crippen LogP contribution in [0.4, 0.5) is 0 Å². The van der Waals surface area contributed by atoms with E-state index in [4.69, 9.17) is 9.72 Å². The van der Waals surface area contributed by atoms with Crippen LogP contribution < -0.4 is 20.1 Å². The molecule has 1 saturated carbocycles. The number of nitrogens with one attached hydrogen (secondary N) is 3. The molecular weight excluding hydrogens is 723 g/mol. The van der Waals surface area contributed by atoms with Gasteiger partial charge in [0.25, 0.3) is 11.8 Å². The van der Waals surface area contributed by atoms with E-state index in [-0.39, 0.29) is 25.1 Å². The highest BCUT2D eigenvalue weighted by atomic mass is 32.2. The predicted octanol–water partition coefficient (Wildman–Crippen LogP) is 4.03. The third-order valence-corrected chi connectivity index (χ3v) is 12.3. The third-order valence-electron chi connectivity index (χ3n) is 10.5. The number of sulfonamides is 1. The van der Waals surface area contributed by atoms with E-state index in [1.807, 2.05) is 54.6 Å². The van der Waals surface area contributed by atoms with Crippen LogP contribution in [0.15, 0.2) is 73.1 Å². The number of fused-ring (bicyclic) bond motifs is 4. The summed E-state index contributed by atoms with van der Waals surface area (Å²) in [5.41, 5.74) is -0.270. The first kappa shape index (κ1) is 37.9. The number of ether oxygens (including phenoxy) is 1. The average Bonchev–Trinajstić information content (AvgIpc) is 3.96. The van der Waals surface area contributed by atoms with Crippen molar-refractivity contribution in [2.45, 2.75) is 101 Å². The minimum absolute atomic E-state index is 0.0185. The Morgan fingerprint density at radius 1 is 0.927 bits per heavy atom. The van der Waals surface area contributed by atoms with Crippen molar-refractivity contribution in [1.82, 2.24) is 35.2 Å². The Morgan fingerprint density at radius 3 is 2.42 bits per heavy atom. The van der Waals surface area contributed by atoms with Crippen LogP contribution in [0.5, 0.6) is 5.88 Å². The molecule has 4 atom stereocenters. The lowest BCUT2D eigenvalue weighted by Gasteiger charge is -2.33. The first-order valence-electron chi connectivity index (χ1n) is 18.8. The zero-order chi connectivity index (χ0) is 38.7. The molecule has 55 heavy (non-hydrogen) atoms. The molecule has 0 spiro atoms. The number of aryl methyl sites for hydroxylation is 1. The van der Waals surface area contributed by atoms with Crippen LogP contribution in [0.25, 0.3) is 21.7 Å². The summed E-state index contributed by atoms with van der Waals surface area (Å²) in [6.07, 6.45) is 9.88. The Kier molecular flexibility index (Phi) is 10.8. The Bertz CT molecular complexity index is 2260. The number of allylic oxidation sites excluding steroid dienone is 1. The largest absolute Gasteiger partial charge is 0.472 e. The summed E-state index contributed by atoms with van der Waals surface area (Å²) in [5, 5.41) is 7.67. The lowest BCUT2D eigenvalue weighted by Crippen LogP contribution is -2.61. The molecule has 4 heterocycles. The van der Waals surface area contributed by atoms with Crippen LogP contribution in [0.1, 0.15) is 80.9 Å². The molecule has 15 heteroatoms. The number of para-hydroxylation sites is 1. The highest BCUT2D eigenvalue weighted by Crippen LogP contribution is 2.34.